The Balaban J connectivity index is 1.72. The zero-order valence-electron chi connectivity index (χ0n) is 17.0. The van der Waals surface area contributed by atoms with Crippen molar-refractivity contribution < 1.29 is 28.2 Å². The van der Waals surface area contributed by atoms with E-state index in [1.165, 1.54) is 12.1 Å². The van der Waals surface area contributed by atoms with E-state index in [4.69, 9.17) is 9.47 Å². The van der Waals surface area contributed by atoms with Crippen LogP contribution < -0.4 is 15.4 Å². The first-order chi connectivity index (χ1) is 14.4. The molecule has 0 bridgehead atoms. The van der Waals surface area contributed by atoms with E-state index in [-0.39, 0.29) is 5.69 Å². The number of ether oxygens (including phenoxy) is 2. The predicted octanol–water partition coefficient (Wildman–Crippen LogP) is 3.22. The highest BCUT2D eigenvalue weighted by Crippen LogP contribution is 2.15. The van der Waals surface area contributed by atoms with Crippen LogP contribution in [0.2, 0.25) is 0 Å². The minimum atomic E-state index is -0.789. The van der Waals surface area contributed by atoms with Gasteiger partial charge in [0, 0.05) is 5.56 Å². The lowest BCUT2D eigenvalue weighted by Crippen LogP contribution is -2.32. The third-order valence-electron chi connectivity index (χ3n) is 4.04. The molecule has 7 nitrogen and oxygen atoms in total. The van der Waals surface area contributed by atoms with Crippen LogP contribution in [-0.2, 0) is 14.3 Å². The highest BCUT2D eigenvalue weighted by atomic mass is 19.1. The van der Waals surface area contributed by atoms with E-state index >= 15 is 0 Å². The summed E-state index contributed by atoms with van der Waals surface area (Å²) in [5.74, 6) is -1.85. The summed E-state index contributed by atoms with van der Waals surface area (Å²) in [5, 5.41) is 4.73. The van der Waals surface area contributed by atoms with Gasteiger partial charge in [0.15, 0.2) is 6.61 Å². The van der Waals surface area contributed by atoms with E-state index in [1.807, 2.05) is 0 Å². The predicted molar refractivity (Wildman–Crippen MR) is 110 cm³/mol. The molecule has 2 amide bonds. The summed E-state index contributed by atoms with van der Waals surface area (Å²) in [6, 6.07) is 10.9. The number of anilines is 1. The summed E-state index contributed by atoms with van der Waals surface area (Å²) in [6.45, 7) is 3.40. The first-order valence-electron chi connectivity index (χ1n) is 9.61. The average Bonchev–Trinajstić information content (AvgIpc) is 2.73. The summed E-state index contributed by atoms with van der Waals surface area (Å²) < 4.78 is 24.0. The van der Waals surface area contributed by atoms with Gasteiger partial charge in [0.2, 0.25) is 0 Å². The van der Waals surface area contributed by atoms with Crippen molar-refractivity contribution in [3.8, 4) is 5.75 Å². The number of carbonyl (C=O) groups excluding carboxylic acids is 3. The van der Waals surface area contributed by atoms with Crippen molar-refractivity contribution in [1.82, 2.24) is 5.32 Å². The maximum absolute atomic E-state index is 13.7. The molecule has 0 aliphatic heterocycles. The van der Waals surface area contributed by atoms with Gasteiger partial charge in [-0.15, -0.1) is 0 Å². The zero-order chi connectivity index (χ0) is 21.9. The largest absolute Gasteiger partial charge is 0.494 e. The van der Waals surface area contributed by atoms with Crippen molar-refractivity contribution in [2.45, 2.75) is 26.7 Å². The molecule has 0 aliphatic carbocycles. The number of aryl methyl sites for hydroxylation is 1. The molecule has 8 heteroatoms. The van der Waals surface area contributed by atoms with Gasteiger partial charge < -0.3 is 20.1 Å². The fourth-order valence-corrected chi connectivity index (χ4v) is 2.40. The smallest absolute Gasteiger partial charge is 0.325 e. The van der Waals surface area contributed by atoms with Crippen LogP contribution >= 0.6 is 0 Å². The second-order valence-corrected chi connectivity index (χ2v) is 6.60. The summed E-state index contributed by atoms with van der Waals surface area (Å²) >= 11 is 0. The maximum atomic E-state index is 13.7. The van der Waals surface area contributed by atoms with Crippen LogP contribution in [-0.4, -0.2) is 37.5 Å². The van der Waals surface area contributed by atoms with Gasteiger partial charge in [-0.05, 0) is 55.3 Å². The number of amides is 2. The van der Waals surface area contributed by atoms with E-state index < -0.39 is 36.8 Å². The van der Waals surface area contributed by atoms with Gasteiger partial charge >= 0.3 is 5.97 Å². The molecule has 0 fully saturated rings. The molecular weight excluding hydrogens is 391 g/mol. The Labute approximate surface area is 174 Å². The van der Waals surface area contributed by atoms with Crippen LogP contribution in [0.3, 0.4) is 0 Å². The number of benzene rings is 2. The Morgan fingerprint density at radius 3 is 2.47 bits per heavy atom. The lowest BCUT2D eigenvalue weighted by Gasteiger charge is -2.09. The third-order valence-corrected chi connectivity index (χ3v) is 4.04. The number of halogens is 1. The molecule has 0 aromatic heterocycles. The fourth-order valence-electron chi connectivity index (χ4n) is 2.40. The first kappa shape index (κ1) is 22.9. The molecule has 2 aromatic carbocycles. The van der Waals surface area contributed by atoms with Gasteiger partial charge in [-0.2, -0.15) is 0 Å². The number of esters is 1. The SMILES string of the molecule is CCCCOc1ccc(C(=O)NCC(=O)OCC(=O)Nc2ccc(C)cc2F)cc1. The van der Waals surface area contributed by atoms with Gasteiger partial charge in [0.25, 0.3) is 11.8 Å². The highest BCUT2D eigenvalue weighted by Gasteiger charge is 2.12. The van der Waals surface area contributed by atoms with Gasteiger partial charge in [-0.3, -0.25) is 14.4 Å². The molecule has 2 aromatic rings. The molecule has 2 rings (SSSR count). The first-order valence-corrected chi connectivity index (χ1v) is 9.61. The lowest BCUT2D eigenvalue weighted by atomic mass is 10.2. The quantitative estimate of drug-likeness (QED) is 0.458. The number of carbonyl (C=O) groups is 3. The van der Waals surface area contributed by atoms with Gasteiger partial charge in [-0.1, -0.05) is 19.4 Å². The topological polar surface area (TPSA) is 93.7 Å². The molecule has 0 saturated carbocycles. The number of hydrogen-bond donors (Lipinski definition) is 2. The second kappa shape index (κ2) is 11.5. The number of rotatable bonds is 10. The van der Waals surface area contributed by atoms with Crippen LogP contribution in [0.5, 0.6) is 5.75 Å². The van der Waals surface area contributed by atoms with E-state index in [0.29, 0.717) is 23.5 Å². The van der Waals surface area contributed by atoms with Crippen LogP contribution in [0.1, 0.15) is 35.7 Å². The molecule has 0 unspecified atom stereocenters. The molecule has 0 saturated heterocycles. The highest BCUT2D eigenvalue weighted by molar-refractivity contribution is 5.96. The van der Waals surface area contributed by atoms with E-state index in [0.717, 1.165) is 12.8 Å². The van der Waals surface area contributed by atoms with E-state index in [1.54, 1.807) is 37.3 Å². The summed E-state index contributed by atoms with van der Waals surface area (Å²) in [6.07, 6.45) is 1.98. The molecule has 160 valence electrons. The normalized spacial score (nSPS) is 10.2. The molecular formula is C22H25FN2O5. The Hall–Kier alpha value is -3.42. The summed E-state index contributed by atoms with van der Waals surface area (Å²) in [4.78, 5) is 35.6. The summed E-state index contributed by atoms with van der Waals surface area (Å²) in [7, 11) is 0. The lowest BCUT2D eigenvalue weighted by molar-refractivity contribution is -0.146. The second-order valence-electron chi connectivity index (χ2n) is 6.60. The molecule has 0 spiro atoms. The number of hydrogen-bond acceptors (Lipinski definition) is 5. The molecule has 2 N–H and O–H groups in total. The van der Waals surface area contributed by atoms with Crippen LogP contribution in [0.4, 0.5) is 10.1 Å². The summed E-state index contributed by atoms with van der Waals surface area (Å²) in [5.41, 5.74) is 1.07. The van der Waals surface area contributed by atoms with Crippen LogP contribution in [0.15, 0.2) is 42.5 Å². The Kier molecular flexibility index (Phi) is 8.80. The van der Waals surface area contributed by atoms with Gasteiger partial charge in [0.05, 0.1) is 12.3 Å². The Morgan fingerprint density at radius 2 is 1.80 bits per heavy atom. The Morgan fingerprint density at radius 1 is 1.07 bits per heavy atom. The Bertz CT molecular complexity index is 884. The van der Waals surface area contributed by atoms with Crippen molar-refractivity contribution >= 4 is 23.5 Å². The molecule has 0 aliphatic rings. The minimum absolute atomic E-state index is 0.00271. The minimum Gasteiger partial charge on any atom is -0.494 e. The van der Waals surface area contributed by atoms with Crippen LogP contribution in [0, 0.1) is 12.7 Å². The van der Waals surface area contributed by atoms with E-state index in [9.17, 15) is 18.8 Å². The third kappa shape index (κ3) is 7.54. The van der Waals surface area contributed by atoms with Crippen molar-refractivity contribution in [2.24, 2.45) is 0 Å². The van der Waals surface area contributed by atoms with Crippen molar-refractivity contribution in [3.05, 3.63) is 59.4 Å². The molecule has 0 heterocycles. The van der Waals surface area contributed by atoms with Crippen LogP contribution in [0.25, 0.3) is 0 Å². The molecule has 30 heavy (non-hydrogen) atoms. The zero-order valence-corrected chi connectivity index (χ0v) is 17.0. The molecule has 0 radical (unpaired) electrons. The average molecular weight is 416 g/mol. The number of unbranched alkanes of at least 4 members (excludes halogenated alkanes) is 1. The van der Waals surface area contributed by atoms with Gasteiger partial charge in [0.1, 0.15) is 18.1 Å². The maximum Gasteiger partial charge on any atom is 0.325 e. The van der Waals surface area contributed by atoms with Gasteiger partial charge in [-0.25, -0.2) is 4.39 Å². The fraction of sp³-hybridized carbons (Fsp3) is 0.318. The standard InChI is InChI=1S/C22H25FN2O5/c1-3-4-11-29-17-8-6-16(7-9-17)22(28)24-13-21(27)30-14-20(26)25-19-10-5-15(2)12-18(19)23/h5-10,12H,3-4,11,13-14H2,1-2H3,(H,24,28)(H,25,26). The van der Waals surface area contributed by atoms with Crippen molar-refractivity contribution in [1.29, 1.82) is 0 Å². The molecule has 0 atom stereocenters. The monoisotopic (exact) mass is 416 g/mol. The van der Waals surface area contributed by atoms with Crippen molar-refractivity contribution in [3.63, 3.8) is 0 Å². The van der Waals surface area contributed by atoms with E-state index in [2.05, 4.69) is 17.6 Å². The number of nitrogens with one attached hydrogen (secondary N) is 2. The van der Waals surface area contributed by atoms with Crippen molar-refractivity contribution in [2.75, 3.05) is 25.1 Å².